The van der Waals surface area contributed by atoms with Crippen LogP contribution in [0.15, 0.2) is 12.1 Å². The second kappa shape index (κ2) is 6.33. The van der Waals surface area contributed by atoms with Gasteiger partial charge < -0.3 is 15.3 Å². The van der Waals surface area contributed by atoms with E-state index in [4.69, 9.17) is 5.11 Å². The summed E-state index contributed by atoms with van der Waals surface area (Å²) < 4.78 is 0. The third-order valence-corrected chi connectivity index (χ3v) is 2.97. The first kappa shape index (κ1) is 15.2. The molecule has 0 unspecified atom stereocenters. The predicted octanol–water partition coefficient (Wildman–Crippen LogP) is 1.89. The van der Waals surface area contributed by atoms with E-state index in [1.54, 1.807) is 13.0 Å². The van der Waals surface area contributed by atoms with Gasteiger partial charge in [0.25, 0.3) is 0 Å². The minimum Gasteiger partial charge on any atom is -0.478 e. The number of nitrogens with one attached hydrogen (secondary N) is 1. The molecule has 0 aliphatic rings. The average Bonchev–Trinajstić information content (AvgIpc) is 2.30. The van der Waals surface area contributed by atoms with E-state index < -0.39 is 5.97 Å². The number of benzene rings is 1. The van der Waals surface area contributed by atoms with Crippen LogP contribution in [-0.2, 0) is 4.79 Å². The van der Waals surface area contributed by atoms with Gasteiger partial charge in [0, 0.05) is 18.7 Å². The lowest BCUT2D eigenvalue weighted by atomic mass is 10.0. The molecule has 0 saturated carbocycles. The quantitative estimate of drug-likeness (QED) is 0.852. The number of carboxylic acids is 1. The van der Waals surface area contributed by atoms with Crippen molar-refractivity contribution >= 4 is 17.6 Å². The lowest BCUT2D eigenvalue weighted by Crippen LogP contribution is -2.21. The zero-order chi connectivity index (χ0) is 14.6. The number of amides is 1. The Kier molecular flexibility index (Phi) is 5.06. The zero-order valence-corrected chi connectivity index (χ0v) is 11.8. The fraction of sp³-hybridized carbons (Fsp3) is 0.429. The number of rotatable bonds is 5. The number of anilines is 1. The van der Waals surface area contributed by atoms with Crippen molar-refractivity contribution < 1.29 is 14.7 Å². The highest BCUT2D eigenvalue weighted by molar-refractivity contribution is 5.95. The first-order valence-electron chi connectivity index (χ1n) is 6.10. The highest BCUT2D eigenvalue weighted by atomic mass is 16.4. The maximum absolute atomic E-state index is 11.7. The number of hydrogen-bond donors (Lipinski definition) is 2. The van der Waals surface area contributed by atoms with Gasteiger partial charge in [0.05, 0.1) is 5.56 Å². The van der Waals surface area contributed by atoms with Gasteiger partial charge in [-0.2, -0.15) is 0 Å². The summed E-state index contributed by atoms with van der Waals surface area (Å²) in [5.41, 5.74) is 2.33. The van der Waals surface area contributed by atoms with E-state index in [0.29, 0.717) is 18.7 Å². The number of carbonyl (C=O) groups is 2. The summed E-state index contributed by atoms with van der Waals surface area (Å²) in [6, 6.07) is 3.29. The van der Waals surface area contributed by atoms with Crippen LogP contribution in [0.2, 0.25) is 0 Å². The Balaban J connectivity index is 2.85. The molecule has 1 aromatic carbocycles. The molecule has 1 aromatic rings. The highest BCUT2D eigenvalue weighted by Crippen LogP contribution is 2.20. The van der Waals surface area contributed by atoms with Crippen molar-refractivity contribution in [2.24, 2.45) is 0 Å². The summed E-state index contributed by atoms with van der Waals surface area (Å²) in [5, 5.41) is 11.8. The van der Waals surface area contributed by atoms with Crippen LogP contribution in [0.5, 0.6) is 0 Å². The molecule has 0 saturated heterocycles. The van der Waals surface area contributed by atoms with E-state index >= 15 is 0 Å². The van der Waals surface area contributed by atoms with Crippen LogP contribution < -0.4 is 5.32 Å². The monoisotopic (exact) mass is 264 g/mol. The average molecular weight is 264 g/mol. The van der Waals surface area contributed by atoms with E-state index in [9.17, 15) is 9.59 Å². The van der Waals surface area contributed by atoms with E-state index in [1.807, 2.05) is 25.9 Å². The van der Waals surface area contributed by atoms with Crippen LogP contribution in [0, 0.1) is 13.8 Å². The number of aryl methyl sites for hydroxylation is 1. The smallest absolute Gasteiger partial charge is 0.336 e. The van der Waals surface area contributed by atoms with Gasteiger partial charge in [0.1, 0.15) is 0 Å². The fourth-order valence-electron chi connectivity index (χ4n) is 1.70. The first-order valence-corrected chi connectivity index (χ1v) is 6.10. The minimum absolute atomic E-state index is 0.117. The second-order valence-corrected chi connectivity index (χ2v) is 4.87. The molecule has 1 rings (SSSR count). The molecule has 19 heavy (non-hydrogen) atoms. The fourth-order valence-corrected chi connectivity index (χ4v) is 1.70. The molecule has 0 aromatic heterocycles. The molecule has 0 atom stereocenters. The lowest BCUT2D eigenvalue weighted by Gasteiger charge is -2.12. The molecule has 0 spiro atoms. The topological polar surface area (TPSA) is 69.6 Å². The van der Waals surface area contributed by atoms with Crippen molar-refractivity contribution in [1.82, 2.24) is 4.90 Å². The molecule has 0 aliphatic carbocycles. The van der Waals surface area contributed by atoms with Crippen LogP contribution in [0.1, 0.15) is 27.9 Å². The van der Waals surface area contributed by atoms with E-state index in [1.165, 1.54) is 6.07 Å². The highest BCUT2D eigenvalue weighted by Gasteiger charge is 2.12. The van der Waals surface area contributed by atoms with Gasteiger partial charge >= 0.3 is 5.97 Å². The van der Waals surface area contributed by atoms with Gasteiger partial charge in [-0.05, 0) is 51.2 Å². The Morgan fingerprint density at radius 3 is 2.42 bits per heavy atom. The van der Waals surface area contributed by atoms with Gasteiger partial charge in [-0.15, -0.1) is 0 Å². The molecule has 5 heteroatoms. The zero-order valence-electron chi connectivity index (χ0n) is 11.8. The molecule has 104 valence electrons. The summed E-state index contributed by atoms with van der Waals surface area (Å²) in [4.78, 5) is 24.7. The van der Waals surface area contributed by atoms with E-state index in [-0.39, 0.29) is 11.5 Å². The molecule has 2 N–H and O–H groups in total. The molecular formula is C14H20N2O3. The van der Waals surface area contributed by atoms with Crippen molar-refractivity contribution in [1.29, 1.82) is 0 Å². The van der Waals surface area contributed by atoms with Crippen LogP contribution in [0.3, 0.4) is 0 Å². The Labute approximate surface area is 113 Å². The maximum atomic E-state index is 11.7. The SMILES string of the molecule is Cc1cc(NC(=O)CCN(C)C)cc(C(=O)O)c1C. The lowest BCUT2D eigenvalue weighted by molar-refractivity contribution is -0.116. The number of carbonyl (C=O) groups excluding carboxylic acids is 1. The van der Waals surface area contributed by atoms with Crippen LogP contribution in [0.25, 0.3) is 0 Å². The van der Waals surface area contributed by atoms with Gasteiger partial charge in [-0.1, -0.05) is 0 Å². The van der Waals surface area contributed by atoms with Crippen molar-refractivity contribution in [2.45, 2.75) is 20.3 Å². The van der Waals surface area contributed by atoms with E-state index in [2.05, 4.69) is 5.32 Å². The molecule has 0 radical (unpaired) electrons. The molecule has 0 aliphatic heterocycles. The summed E-state index contributed by atoms with van der Waals surface area (Å²) >= 11 is 0. The first-order chi connectivity index (χ1) is 8.81. The Morgan fingerprint density at radius 2 is 1.89 bits per heavy atom. The predicted molar refractivity (Wildman–Crippen MR) is 74.7 cm³/mol. The van der Waals surface area contributed by atoms with Gasteiger partial charge in [-0.3, -0.25) is 4.79 Å². The third kappa shape index (κ3) is 4.37. The van der Waals surface area contributed by atoms with E-state index in [0.717, 1.165) is 11.1 Å². The molecular weight excluding hydrogens is 244 g/mol. The molecule has 0 bridgehead atoms. The minimum atomic E-state index is -0.981. The Hall–Kier alpha value is -1.88. The maximum Gasteiger partial charge on any atom is 0.336 e. The summed E-state index contributed by atoms with van der Waals surface area (Å²) in [6.45, 7) is 4.25. The van der Waals surface area contributed by atoms with Crippen LogP contribution in [0.4, 0.5) is 5.69 Å². The van der Waals surface area contributed by atoms with Crippen LogP contribution in [-0.4, -0.2) is 42.5 Å². The Bertz CT molecular complexity index is 496. The standard InChI is InChI=1S/C14H20N2O3/c1-9-7-11(8-12(10(9)2)14(18)19)15-13(17)5-6-16(3)4/h7-8H,5-6H2,1-4H3,(H,15,17)(H,18,19). The van der Waals surface area contributed by atoms with Crippen molar-refractivity contribution in [3.63, 3.8) is 0 Å². The number of nitrogens with zero attached hydrogens (tertiary/aromatic N) is 1. The number of aromatic carboxylic acids is 1. The summed E-state index contributed by atoms with van der Waals surface area (Å²) in [7, 11) is 3.79. The Morgan fingerprint density at radius 1 is 1.26 bits per heavy atom. The van der Waals surface area contributed by atoms with Gasteiger partial charge in [0.2, 0.25) is 5.91 Å². The number of hydrogen-bond acceptors (Lipinski definition) is 3. The summed E-state index contributed by atoms with van der Waals surface area (Å²) in [5.74, 6) is -1.10. The van der Waals surface area contributed by atoms with Gasteiger partial charge in [0.15, 0.2) is 0 Å². The second-order valence-electron chi connectivity index (χ2n) is 4.87. The number of carboxylic acid groups (broad SMARTS) is 1. The van der Waals surface area contributed by atoms with Gasteiger partial charge in [-0.25, -0.2) is 4.79 Å². The van der Waals surface area contributed by atoms with Crippen molar-refractivity contribution in [3.8, 4) is 0 Å². The summed E-state index contributed by atoms with van der Waals surface area (Å²) in [6.07, 6.45) is 0.377. The molecule has 0 fully saturated rings. The van der Waals surface area contributed by atoms with Crippen molar-refractivity contribution in [3.05, 3.63) is 28.8 Å². The largest absolute Gasteiger partial charge is 0.478 e. The van der Waals surface area contributed by atoms with Crippen molar-refractivity contribution in [2.75, 3.05) is 26.0 Å². The molecule has 1 amide bonds. The third-order valence-electron chi connectivity index (χ3n) is 2.97. The molecule has 0 heterocycles. The molecule has 5 nitrogen and oxygen atoms in total. The van der Waals surface area contributed by atoms with Crippen LogP contribution >= 0.6 is 0 Å². The normalized spacial score (nSPS) is 10.6.